The van der Waals surface area contributed by atoms with Gasteiger partial charge in [0.25, 0.3) is 0 Å². The summed E-state index contributed by atoms with van der Waals surface area (Å²) in [7, 11) is 0. The highest BCUT2D eigenvalue weighted by molar-refractivity contribution is 5.97. The maximum Gasteiger partial charge on any atom is 0.387 e. The Morgan fingerprint density at radius 3 is 2.63 bits per heavy atom. The predicted molar refractivity (Wildman–Crippen MR) is 62.4 cm³/mol. The quantitative estimate of drug-likeness (QED) is 0.864. The van der Waals surface area contributed by atoms with E-state index in [-0.39, 0.29) is 18.1 Å². The molecule has 2 rings (SSSR count). The number of anilines is 1. The van der Waals surface area contributed by atoms with Crippen LogP contribution >= 0.6 is 0 Å². The lowest BCUT2D eigenvalue weighted by Gasteiger charge is -2.13. The van der Waals surface area contributed by atoms with Gasteiger partial charge in [-0.05, 0) is 25.0 Å². The summed E-state index contributed by atoms with van der Waals surface area (Å²) in [5.41, 5.74) is 5.12. The summed E-state index contributed by atoms with van der Waals surface area (Å²) in [6, 6.07) is 3.27. The second-order valence-corrected chi connectivity index (χ2v) is 4.46. The van der Waals surface area contributed by atoms with Crippen molar-refractivity contribution in [2.75, 3.05) is 11.9 Å². The van der Waals surface area contributed by atoms with Gasteiger partial charge in [-0.15, -0.1) is 0 Å². The molecule has 1 aliphatic carbocycles. The number of benzene rings is 1. The lowest BCUT2D eigenvalue weighted by Crippen LogP contribution is -2.30. The number of rotatable bonds is 5. The second kappa shape index (κ2) is 5.08. The van der Waals surface area contributed by atoms with Gasteiger partial charge in [0, 0.05) is 18.3 Å². The standard InChI is InChI=1S/C12H13F3N2O2/c13-8-5-7(1-2-9(8)19-11(14)15)17-10(18)12(6-16)3-4-12/h1-2,5,11H,3-4,6,16H2,(H,17,18). The molecule has 19 heavy (non-hydrogen) atoms. The number of halogens is 3. The van der Waals surface area contributed by atoms with Crippen molar-refractivity contribution in [1.82, 2.24) is 0 Å². The molecule has 1 fully saturated rings. The Bertz CT molecular complexity index is 490. The average Bonchev–Trinajstić information content (AvgIpc) is 3.13. The SMILES string of the molecule is NCC1(C(=O)Nc2ccc(OC(F)F)c(F)c2)CC1. The first kappa shape index (κ1) is 13.7. The van der Waals surface area contributed by atoms with E-state index in [9.17, 15) is 18.0 Å². The summed E-state index contributed by atoms with van der Waals surface area (Å²) >= 11 is 0. The van der Waals surface area contributed by atoms with Crippen LogP contribution in [0.15, 0.2) is 18.2 Å². The number of nitrogens with one attached hydrogen (secondary N) is 1. The van der Waals surface area contributed by atoms with E-state index in [1.54, 1.807) is 0 Å². The van der Waals surface area contributed by atoms with Gasteiger partial charge >= 0.3 is 6.61 Å². The van der Waals surface area contributed by atoms with Crippen LogP contribution in [-0.4, -0.2) is 19.1 Å². The summed E-state index contributed by atoms with van der Waals surface area (Å²) in [5, 5.41) is 2.51. The molecule has 0 unspecified atom stereocenters. The maximum absolute atomic E-state index is 13.4. The number of hydrogen-bond acceptors (Lipinski definition) is 3. The summed E-state index contributed by atoms with van der Waals surface area (Å²) in [5.74, 6) is -1.81. The zero-order chi connectivity index (χ0) is 14.0. The van der Waals surface area contributed by atoms with Gasteiger partial charge in [0.15, 0.2) is 11.6 Å². The van der Waals surface area contributed by atoms with E-state index in [2.05, 4.69) is 10.1 Å². The van der Waals surface area contributed by atoms with Crippen molar-refractivity contribution in [3.63, 3.8) is 0 Å². The van der Waals surface area contributed by atoms with Crippen molar-refractivity contribution in [3.8, 4) is 5.75 Å². The molecule has 0 atom stereocenters. The fourth-order valence-electron chi connectivity index (χ4n) is 1.71. The largest absolute Gasteiger partial charge is 0.432 e. The van der Waals surface area contributed by atoms with Crippen LogP contribution in [0.25, 0.3) is 0 Å². The molecular weight excluding hydrogens is 261 g/mol. The van der Waals surface area contributed by atoms with E-state index < -0.39 is 23.6 Å². The Labute approximate surface area is 107 Å². The third kappa shape index (κ3) is 2.98. The van der Waals surface area contributed by atoms with Gasteiger partial charge < -0.3 is 15.8 Å². The number of amides is 1. The zero-order valence-corrected chi connectivity index (χ0v) is 9.96. The van der Waals surface area contributed by atoms with Gasteiger partial charge in [0.05, 0.1) is 5.41 Å². The van der Waals surface area contributed by atoms with E-state index in [1.165, 1.54) is 6.07 Å². The van der Waals surface area contributed by atoms with Crippen LogP contribution in [0.5, 0.6) is 5.75 Å². The summed E-state index contributed by atoms with van der Waals surface area (Å²) < 4.78 is 41.3. The number of nitrogens with two attached hydrogens (primary N) is 1. The highest BCUT2D eigenvalue weighted by Gasteiger charge is 2.48. The van der Waals surface area contributed by atoms with Crippen LogP contribution in [0.3, 0.4) is 0 Å². The van der Waals surface area contributed by atoms with Crippen LogP contribution in [0.4, 0.5) is 18.9 Å². The molecule has 104 valence electrons. The number of ether oxygens (including phenoxy) is 1. The molecule has 1 aromatic carbocycles. The normalized spacial score (nSPS) is 16.3. The number of alkyl halides is 2. The minimum absolute atomic E-state index is 0.184. The van der Waals surface area contributed by atoms with Gasteiger partial charge in [-0.25, -0.2) is 4.39 Å². The average molecular weight is 274 g/mol. The molecule has 0 aromatic heterocycles. The van der Waals surface area contributed by atoms with Crippen molar-refractivity contribution in [2.45, 2.75) is 19.5 Å². The van der Waals surface area contributed by atoms with E-state index in [0.29, 0.717) is 12.8 Å². The Balaban J connectivity index is 2.06. The molecule has 1 amide bonds. The zero-order valence-electron chi connectivity index (χ0n) is 9.96. The van der Waals surface area contributed by atoms with Gasteiger partial charge in [-0.2, -0.15) is 8.78 Å². The Morgan fingerprint density at radius 1 is 1.47 bits per heavy atom. The van der Waals surface area contributed by atoms with Gasteiger partial charge in [0.1, 0.15) is 0 Å². The van der Waals surface area contributed by atoms with Crippen LogP contribution in [0.2, 0.25) is 0 Å². The van der Waals surface area contributed by atoms with E-state index >= 15 is 0 Å². The number of carbonyl (C=O) groups is 1. The lowest BCUT2D eigenvalue weighted by molar-refractivity contribution is -0.120. The Morgan fingerprint density at radius 2 is 2.16 bits per heavy atom. The first-order valence-electron chi connectivity index (χ1n) is 5.73. The number of carbonyl (C=O) groups excluding carboxylic acids is 1. The Hall–Kier alpha value is -1.76. The molecule has 1 saturated carbocycles. The predicted octanol–water partition coefficient (Wildman–Crippen LogP) is 2.10. The first-order valence-corrected chi connectivity index (χ1v) is 5.73. The topological polar surface area (TPSA) is 64.4 Å². The summed E-state index contributed by atoms with van der Waals surface area (Å²) in [4.78, 5) is 11.8. The van der Waals surface area contributed by atoms with Crippen LogP contribution in [-0.2, 0) is 4.79 Å². The molecule has 3 N–H and O–H groups in total. The minimum Gasteiger partial charge on any atom is -0.432 e. The lowest BCUT2D eigenvalue weighted by atomic mass is 10.1. The van der Waals surface area contributed by atoms with Gasteiger partial charge in [-0.3, -0.25) is 4.79 Å². The van der Waals surface area contributed by atoms with Crippen LogP contribution < -0.4 is 15.8 Å². The molecule has 0 saturated heterocycles. The smallest absolute Gasteiger partial charge is 0.387 e. The van der Waals surface area contributed by atoms with Crippen LogP contribution in [0.1, 0.15) is 12.8 Å². The summed E-state index contributed by atoms with van der Waals surface area (Å²) in [6.07, 6.45) is 1.40. The van der Waals surface area contributed by atoms with Crippen molar-refractivity contribution in [3.05, 3.63) is 24.0 Å². The molecule has 0 radical (unpaired) electrons. The fourth-order valence-corrected chi connectivity index (χ4v) is 1.71. The molecule has 7 heteroatoms. The molecule has 1 aliphatic rings. The molecule has 0 aliphatic heterocycles. The molecule has 0 heterocycles. The second-order valence-electron chi connectivity index (χ2n) is 4.46. The van der Waals surface area contributed by atoms with Crippen LogP contribution in [0, 0.1) is 11.2 Å². The van der Waals surface area contributed by atoms with Crippen molar-refractivity contribution in [2.24, 2.45) is 11.1 Å². The van der Waals surface area contributed by atoms with Gasteiger partial charge in [-0.1, -0.05) is 0 Å². The highest BCUT2D eigenvalue weighted by atomic mass is 19.3. The summed E-state index contributed by atoms with van der Waals surface area (Å²) in [6.45, 7) is -2.87. The van der Waals surface area contributed by atoms with Crippen molar-refractivity contribution >= 4 is 11.6 Å². The monoisotopic (exact) mass is 274 g/mol. The van der Waals surface area contributed by atoms with E-state index in [0.717, 1.165) is 12.1 Å². The minimum atomic E-state index is -3.10. The third-order valence-electron chi connectivity index (χ3n) is 3.13. The first-order chi connectivity index (χ1) is 8.97. The van der Waals surface area contributed by atoms with E-state index in [1.807, 2.05) is 0 Å². The molecule has 0 bridgehead atoms. The maximum atomic E-state index is 13.4. The number of hydrogen-bond donors (Lipinski definition) is 2. The molecular formula is C12H13F3N2O2. The highest BCUT2D eigenvalue weighted by Crippen LogP contribution is 2.45. The van der Waals surface area contributed by atoms with Gasteiger partial charge in [0.2, 0.25) is 5.91 Å². The fraction of sp³-hybridized carbons (Fsp3) is 0.417. The molecule has 4 nitrogen and oxygen atoms in total. The molecule has 0 spiro atoms. The Kier molecular flexibility index (Phi) is 3.66. The molecule has 1 aromatic rings. The van der Waals surface area contributed by atoms with E-state index in [4.69, 9.17) is 5.73 Å². The van der Waals surface area contributed by atoms with Crippen molar-refractivity contribution < 1.29 is 22.7 Å². The third-order valence-corrected chi connectivity index (χ3v) is 3.13. The van der Waals surface area contributed by atoms with Crippen molar-refractivity contribution in [1.29, 1.82) is 0 Å².